The molecule has 0 aliphatic rings. The van der Waals surface area contributed by atoms with Gasteiger partial charge in [-0.05, 0) is 18.6 Å². The van der Waals surface area contributed by atoms with Gasteiger partial charge in [0.25, 0.3) is 0 Å². The van der Waals surface area contributed by atoms with Crippen LogP contribution in [0.1, 0.15) is 18.5 Å². The molecule has 1 aromatic rings. The van der Waals surface area contributed by atoms with Gasteiger partial charge in [0.2, 0.25) is 5.91 Å². The number of halogens is 1. The third kappa shape index (κ3) is 4.68. The molecule has 5 heteroatoms. The number of carbonyl (C=O) groups is 1. The van der Waals surface area contributed by atoms with E-state index in [4.69, 9.17) is 16.9 Å². The molecule has 1 N–H and O–H groups in total. The quantitative estimate of drug-likeness (QED) is 0.836. The summed E-state index contributed by atoms with van der Waals surface area (Å²) in [6.45, 7) is 1.88. The van der Waals surface area contributed by atoms with E-state index in [1.54, 1.807) is 6.07 Å². The van der Waals surface area contributed by atoms with Crippen LogP contribution in [0.5, 0.6) is 0 Å². The highest BCUT2D eigenvalue weighted by Gasteiger charge is 2.11. The van der Waals surface area contributed by atoms with Crippen LogP contribution < -0.4 is 5.32 Å². The van der Waals surface area contributed by atoms with Gasteiger partial charge in [0.15, 0.2) is 0 Å². The summed E-state index contributed by atoms with van der Waals surface area (Å²) in [7, 11) is 0. The standard InChI is InChI=1S/C12H13ClN2OS/c1-9(10-4-2-3-5-11(10)13)15-12(16)8-17-7-6-14/h2-5,9H,7-8H2,1H3,(H,15,16). The Balaban J connectivity index is 2.50. The number of carbonyl (C=O) groups excluding carboxylic acids is 1. The van der Waals surface area contributed by atoms with Crippen molar-refractivity contribution in [2.75, 3.05) is 11.5 Å². The molecule has 1 atom stereocenters. The number of hydrogen-bond donors (Lipinski definition) is 1. The minimum absolute atomic E-state index is 0.0855. The lowest BCUT2D eigenvalue weighted by Gasteiger charge is -2.15. The zero-order valence-electron chi connectivity index (χ0n) is 9.44. The van der Waals surface area contributed by atoms with Gasteiger partial charge in [0.05, 0.1) is 23.6 Å². The maximum Gasteiger partial charge on any atom is 0.230 e. The summed E-state index contributed by atoms with van der Waals surface area (Å²) in [6.07, 6.45) is 0. The van der Waals surface area contributed by atoms with Gasteiger partial charge in [-0.3, -0.25) is 4.79 Å². The molecule has 1 unspecified atom stereocenters. The van der Waals surface area contributed by atoms with Gasteiger partial charge in [-0.2, -0.15) is 5.26 Å². The number of rotatable bonds is 5. The van der Waals surface area contributed by atoms with Gasteiger partial charge in [-0.25, -0.2) is 0 Å². The summed E-state index contributed by atoms with van der Waals surface area (Å²) in [6, 6.07) is 9.27. The Bertz CT molecular complexity index is 431. The molecule has 0 aliphatic carbocycles. The fourth-order valence-electron chi connectivity index (χ4n) is 1.38. The smallest absolute Gasteiger partial charge is 0.230 e. The summed E-state index contributed by atoms with van der Waals surface area (Å²) in [5.41, 5.74) is 0.896. The van der Waals surface area contributed by atoms with Crippen molar-refractivity contribution < 1.29 is 4.79 Å². The van der Waals surface area contributed by atoms with Crippen molar-refractivity contribution in [2.45, 2.75) is 13.0 Å². The molecule has 3 nitrogen and oxygen atoms in total. The molecule has 1 amide bonds. The Morgan fingerprint density at radius 1 is 1.59 bits per heavy atom. The SMILES string of the molecule is CC(NC(=O)CSCC#N)c1ccccc1Cl. The minimum Gasteiger partial charge on any atom is -0.349 e. The average molecular weight is 269 g/mol. The number of nitrogens with one attached hydrogen (secondary N) is 1. The number of nitrogens with zero attached hydrogens (tertiary/aromatic N) is 1. The van der Waals surface area contributed by atoms with Crippen molar-refractivity contribution >= 4 is 29.3 Å². The largest absolute Gasteiger partial charge is 0.349 e. The van der Waals surface area contributed by atoms with Crippen LogP contribution in [0.2, 0.25) is 5.02 Å². The molecule has 0 bridgehead atoms. The molecule has 0 saturated heterocycles. The van der Waals surface area contributed by atoms with Gasteiger partial charge in [-0.15, -0.1) is 11.8 Å². The fraction of sp³-hybridized carbons (Fsp3) is 0.333. The van der Waals surface area contributed by atoms with E-state index in [-0.39, 0.29) is 11.9 Å². The molecule has 0 heterocycles. The lowest BCUT2D eigenvalue weighted by atomic mass is 10.1. The Kier molecular flexibility index (Phi) is 5.88. The van der Waals surface area contributed by atoms with Gasteiger partial charge in [-0.1, -0.05) is 29.8 Å². The molecule has 0 spiro atoms. The van der Waals surface area contributed by atoms with Crippen LogP contribution in [0, 0.1) is 11.3 Å². The monoisotopic (exact) mass is 268 g/mol. The van der Waals surface area contributed by atoms with E-state index < -0.39 is 0 Å². The number of nitriles is 1. The average Bonchev–Trinajstić information content (AvgIpc) is 2.29. The van der Waals surface area contributed by atoms with Crippen LogP contribution in [0.15, 0.2) is 24.3 Å². The minimum atomic E-state index is -0.126. The van der Waals surface area contributed by atoms with Crippen LogP contribution in [-0.4, -0.2) is 17.4 Å². The molecule has 0 fully saturated rings. The summed E-state index contributed by atoms with van der Waals surface area (Å²) in [5.74, 6) is 0.536. The first-order valence-electron chi connectivity index (χ1n) is 5.13. The number of amides is 1. The molecule has 0 saturated carbocycles. The maximum atomic E-state index is 11.5. The molecule has 0 aliphatic heterocycles. The first-order valence-corrected chi connectivity index (χ1v) is 6.67. The Morgan fingerprint density at radius 2 is 2.29 bits per heavy atom. The topological polar surface area (TPSA) is 52.9 Å². The first kappa shape index (κ1) is 13.9. The molecular formula is C12H13ClN2OS. The van der Waals surface area contributed by atoms with Crippen LogP contribution in [0.25, 0.3) is 0 Å². The van der Waals surface area contributed by atoms with Crippen molar-refractivity contribution in [3.8, 4) is 6.07 Å². The second kappa shape index (κ2) is 7.21. The van der Waals surface area contributed by atoms with Crippen molar-refractivity contribution in [2.24, 2.45) is 0 Å². The second-order valence-electron chi connectivity index (χ2n) is 3.46. The van der Waals surface area contributed by atoms with E-state index in [0.717, 1.165) is 5.56 Å². The Hall–Kier alpha value is -1.18. The lowest BCUT2D eigenvalue weighted by Crippen LogP contribution is -2.28. The number of benzene rings is 1. The predicted octanol–water partition coefficient (Wildman–Crippen LogP) is 2.77. The zero-order chi connectivity index (χ0) is 12.7. The highest BCUT2D eigenvalue weighted by molar-refractivity contribution is 8.00. The second-order valence-corrected chi connectivity index (χ2v) is 4.85. The normalized spacial score (nSPS) is 11.6. The van der Waals surface area contributed by atoms with Gasteiger partial charge in [0.1, 0.15) is 0 Å². The molecular weight excluding hydrogens is 256 g/mol. The molecule has 0 radical (unpaired) electrons. The Morgan fingerprint density at radius 3 is 2.94 bits per heavy atom. The fourth-order valence-corrected chi connectivity index (χ4v) is 2.14. The summed E-state index contributed by atoms with van der Waals surface area (Å²) in [4.78, 5) is 11.5. The Labute approximate surface area is 110 Å². The van der Waals surface area contributed by atoms with Crippen molar-refractivity contribution in [1.29, 1.82) is 5.26 Å². The van der Waals surface area contributed by atoms with Gasteiger partial charge >= 0.3 is 0 Å². The number of thioether (sulfide) groups is 1. The van der Waals surface area contributed by atoms with E-state index in [0.29, 0.717) is 16.5 Å². The van der Waals surface area contributed by atoms with E-state index in [2.05, 4.69) is 5.32 Å². The summed E-state index contributed by atoms with van der Waals surface area (Å²) < 4.78 is 0. The van der Waals surface area contributed by atoms with E-state index >= 15 is 0 Å². The van der Waals surface area contributed by atoms with Crippen LogP contribution >= 0.6 is 23.4 Å². The molecule has 90 valence electrons. The van der Waals surface area contributed by atoms with Gasteiger partial charge in [0, 0.05) is 5.02 Å². The molecule has 1 aromatic carbocycles. The predicted molar refractivity (Wildman–Crippen MR) is 70.9 cm³/mol. The van der Waals surface area contributed by atoms with Crippen molar-refractivity contribution in [1.82, 2.24) is 5.32 Å². The van der Waals surface area contributed by atoms with Gasteiger partial charge < -0.3 is 5.32 Å². The molecule has 0 aromatic heterocycles. The van der Waals surface area contributed by atoms with Crippen LogP contribution in [-0.2, 0) is 4.79 Å². The van der Waals surface area contributed by atoms with E-state index in [1.165, 1.54) is 11.8 Å². The maximum absolute atomic E-state index is 11.5. The summed E-state index contributed by atoms with van der Waals surface area (Å²) >= 11 is 7.33. The highest BCUT2D eigenvalue weighted by Crippen LogP contribution is 2.22. The van der Waals surface area contributed by atoms with Crippen LogP contribution in [0.4, 0.5) is 0 Å². The van der Waals surface area contributed by atoms with Crippen molar-refractivity contribution in [3.63, 3.8) is 0 Å². The third-order valence-corrected chi connectivity index (χ3v) is 3.29. The van der Waals surface area contributed by atoms with Crippen molar-refractivity contribution in [3.05, 3.63) is 34.9 Å². The molecule has 17 heavy (non-hydrogen) atoms. The highest BCUT2D eigenvalue weighted by atomic mass is 35.5. The summed E-state index contributed by atoms with van der Waals surface area (Å²) in [5, 5.41) is 11.8. The van der Waals surface area contributed by atoms with E-state index in [9.17, 15) is 4.79 Å². The van der Waals surface area contributed by atoms with E-state index in [1.807, 2.05) is 31.2 Å². The number of hydrogen-bond acceptors (Lipinski definition) is 3. The van der Waals surface area contributed by atoms with Crippen LogP contribution in [0.3, 0.4) is 0 Å². The third-order valence-electron chi connectivity index (χ3n) is 2.15. The first-order chi connectivity index (χ1) is 8.15. The lowest BCUT2D eigenvalue weighted by molar-refractivity contribution is -0.119. The zero-order valence-corrected chi connectivity index (χ0v) is 11.0. The molecule has 1 rings (SSSR count).